The normalized spacial score (nSPS) is 18.7. The highest BCUT2D eigenvalue weighted by Gasteiger charge is 2.29. The van der Waals surface area contributed by atoms with Crippen molar-refractivity contribution >= 4 is 11.8 Å². The summed E-state index contributed by atoms with van der Waals surface area (Å²) < 4.78 is 5.35. The quantitative estimate of drug-likeness (QED) is 0.779. The predicted octanol–water partition coefficient (Wildman–Crippen LogP) is 3.56. The van der Waals surface area contributed by atoms with Crippen molar-refractivity contribution in [2.45, 2.75) is 57.8 Å². The van der Waals surface area contributed by atoms with Gasteiger partial charge in [0.1, 0.15) is 5.75 Å². The number of hydrogen-bond acceptors (Lipinski definition) is 3. The van der Waals surface area contributed by atoms with Crippen LogP contribution in [0.3, 0.4) is 0 Å². The Morgan fingerprint density at radius 3 is 2.50 bits per heavy atom. The summed E-state index contributed by atoms with van der Waals surface area (Å²) in [5, 5.41) is 3.04. The minimum Gasteiger partial charge on any atom is -0.496 e. The zero-order chi connectivity index (χ0) is 19.8. The highest BCUT2D eigenvalue weighted by molar-refractivity contribution is 5.79. The monoisotopic (exact) mass is 386 g/mol. The summed E-state index contributed by atoms with van der Waals surface area (Å²) in [6, 6.07) is 7.91. The maximum Gasteiger partial charge on any atom is 0.225 e. The van der Waals surface area contributed by atoms with E-state index in [0.717, 1.165) is 56.5 Å². The molecule has 0 aromatic heterocycles. The Bertz CT molecular complexity index is 647. The van der Waals surface area contributed by atoms with Gasteiger partial charge in [-0.3, -0.25) is 9.59 Å². The number of carbonyl (C=O) groups is 2. The molecule has 5 heteroatoms. The zero-order valence-corrected chi connectivity index (χ0v) is 17.1. The molecule has 0 bridgehead atoms. The van der Waals surface area contributed by atoms with E-state index in [9.17, 15) is 9.59 Å². The zero-order valence-electron chi connectivity index (χ0n) is 17.1. The van der Waals surface area contributed by atoms with Crippen molar-refractivity contribution < 1.29 is 14.3 Å². The second kappa shape index (κ2) is 10.5. The van der Waals surface area contributed by atoms with Crippen molar-refractivity contribution in [3.05, 3.63) is 29.8 Å². The fourth-order valence-electron chi connectivity index (χ4n) is 4.55. The topological polar surface area (TPSA) is 58.6 Å². The van der Waals surface area contributed by atoms with E-state index in [1.54, 1.807) is 7.11 Å². The molecule has 2 fully saturated rings. The van der Waals surface area contributed by atoms with E-state index >= 15 is 0 Å². The maximum atomic E-state index is 12.6. The molecule has 0 atom stereocenters. The van der Waals surface area contributed by atoms with E-state index < -0.39 is 0 Å². The van der Waals surface area contributed by atoms with E-state index in [1.165, 1.54) is 19.3 Å². The van der Waals surface area contributed by atoms with Crippen molar-refractivity contribution in [2.75, 3.05) is 26.7 Å². The van der Waals surface area contributed by atoms with Gasteiger partial charge in [0, 0.05) is 32.0 Å². The summed E-state index contributed by atoms with van der Waals surface area (Å²) in [5.41, 5.74) is 1.11. The average Bonchev–Trinajstić information content (AvgIpc) is 2.75. The van der Waals surface area contributed by atoms with Gasteiger partial charge in [0.2, 0.25) is 11.8 Å². The van der Waals surface area contributed by atoms with Gasteiger partial charge in [-0.2, -0.15) is 0 Å². The number of ether oxygens (including phenoxy) is 1. The third-order valence-corrected chi connectivity index (χ3v) is 6.26. The summed E-state index contributed by atoms with van der Waals surface area (Å²) in [4.78, 5) is 27.0. The van der Waals surface area contributed by atoms with E-state index in [-0.39, 0.29) is 11.8 Å². The lowest BCUT2D eigenvalue weighted by atomic mass is 9.87. The first kappa shape index (κ1) is 20.7. The van der Waals surface area contributed by atoms with Crippen LogP contribution in [-0.4, -0.2) is 43.5 Å². The Morgan fingerprint density at radius 1 is 1.07 bits per heavy atom. The van der Waals surface area contributed by atoms with Gasteiger partial charge in [0.25, 0.3) is 0 Å². The number of amides is 2. The van der Waals surface area contributed by atoms with Gasteiger partial charge in [-0.05, 0) is 49.7 Å². The fraction of sp³-hybridized carbons (Fsp3) is 0.652. The Balaban J connectivity index is 1.35. The van der Waals surface area contributed by atoms with Crippen molar-refractivity contribution in [2.24, 2.45) is 11.8 Å². The highest BCUT2D eigenvalue weighted by atomic mass is 16.5. The van der Waals surface area contributed by atoms with Gasteiger partial charge in [0.05, 0.1) is 7.11 Å². The fourth-order valence-corrected chi connectivity index (χ4v) is 4.55. The molecule has 2 amide bonds. The number of para-hydroxylation sites is 1. The Hall–Kier alpha value is -2.04. The SMILES string of the molecule is COc1ccccc1CCNC(=O)CC1CCN(C(=O)C2CCCCC2)CC1. The summed E-state index contributed by atoms with van der Waals surface area (Å²) in [5.74, 6) is 1.99. The second-order valence-electron chi connectivity index (χ2n) is 8.22. The number of hydrogen-bond donors (Lipinski definition) is 1. The second-order valence-corrected chi connectivity index (χ2v) is 8.22. The Kier molecular flexibility index (Phi) is 7.75. The number of methoxy groups -OCH3 is 1. The van der Waals surface area contributed by atoms with Crippen LogP contribution in [0.25, 0.3) is 0 Å². The molecule has 0 unspecified atom stereocenters. The molecule has 154 valence electrons. The van der Waals surface area contributed by atoms with Gasteiger partial charge >= 0.3 is 0 Å². The van der Waals surface area contributed by atoms with Gasteiger partial charge < -0.3 is 15.0 Å². The molecular weight excluding hydrogens is 352 g/mol. The standard InChI is InChI=1S/C23H34N2O3/c1-28-21-10-6-5-7-19(21)11-14-24-22(26)17-18-12-15-25(16-13-18)23(27)20-8-3-2-4-9-20/h5-7,10,18,20H,2-4,8-9,11-17H2,1H3,(H,24,26). The van der Waals surface area contributed by atoms with Gasteiger partial charge in [0.15, 0.2) is 0 Å². The van der Waals surface area contributed by atoms with Crippen LogP contribution in [0.2, 0.25) is 0 Å². The van der Waals surface area contributed by atoms with E-state index in [1.807, 2.05) is 29.2 Å². The minimum atomic E-state index is 0.118. The molecular formula is C23H34N2O3. The van der Waals surface area contributed by atoms with Crippen molar-refractivity contribution in [3.63, 3.8) is 0 Å². The predicted molar refractivity (Wildman–Crippen MR) is 110 cm³/mol. The first-order valence-corrected chi connectivity index (χ1v) is 10.8. The van der Waals surface area contributed by atoms with Crippen LogP contribution in [-0.2, 0) is 16.0 Å². The smallest absolute Gasteiger partial charge is 0.225 e. The number of piperidine rings is 1. The third kappa shape index (κ3) is 5.73. The molecule has 1 saturated carbocycles. The summed E-state index contributed by atoms with van der Waals surface area (Å²) in [6.07, 6.45) is 9.01. The molecule has 28 heavy (non-hydrogen) atoms. The lowest BCUT2D eigenvalue weighted by molar-refractivity contribution is -0.138. The first-order valence-electron chi connectivity index (χ1n) is 10.8. The number of nitrogens with zero attached hydrogens (tertiary/aromatic N) is 1. The van der Waals surface area contributed by atoms with E-state index in [4.69, 9.17) is 4.74 Å². The van der Waals surface area contributed by atoms with Crippen LogP contribution in [0.4, 0.5) is 0 Å². The lowest BCUT2D eigenvalue weighted by Crippen LogP contribution is -2.43. The van der Waals surface area contributed by atoms with Gasteiger partial charge in [-0.15, -0.1) is 0 Å². The van der Waals surface area contributed by atoms with Crippen molar-refractivity contribution in [1.82, 2.24) is 10.2 Å². The van der Waals surface area contributed by atoms with Crippen LogP contribution in [0, 0.1) is 11.8 Å². The number of carbonyl (C=O) groups excluding carboxylic acids is 2. The molecule has 1 aliphatic heterocycles. The molecule has 0 spiro atoms. The molecule has 1 heterocycles. The minimum absolute atomic E-state index is 0.118. The molecule has 3 rings (SSSR count). The third-order valence-electron chi connectivity index (χ3n) is 6.26. The molecule has 1 aliphatic carbocycles. The van der Waals surface area contributed by atoms with Crippen LogP contribution in [0.5, 0.6) is 5.75 Å². The molecule has 1 N–H and O–H groups in total. The van der Waals surface area contributed by atoms with Crippen LogP contribution >= 0.6 is 0 Å². The maximum absolute atomic E-state index is 12.6. The summed E-state index contributed by atoms with van der Waals surface area (Å²) in [7, 11) is 1.67. The number of benzene rings is 1. The first-order chi connectivity index (χ1) is 13.7. The van der Waals surface area contributed by atoms with Gasteiger partial charge in [-0.1, -0.05) is 37.5 Å². The highest BCUT2D eigenvalue weighted by Crippen LogP contribution is 2.28. The molecule has 1 aromatic carbocycles. The van der Waals surface area contributed by atoms with Crippen LogP contribution in [0.15, 0.2) is 24.3 Å². The van der Waals surface area contributed by atoms with Gasteiger partial charge in [-0.25, -0.2) is 0 Å². The number of nitrogens with one attached hydrogen (secondary N) is 1. The summed E-state index contributed by atoms with van der Waals surface area (Å²) in [6.45, 7) is 2.25. The van der Waals surface area contributed by atoms with Crippen LogP contribution < -0.4 is 10.1 Å². The summed E-state index contributed by atoms with van der Waals surface area (Å²) >= 11 is 0. The van der Waals surface area contributed by atoms with Crippen molar-refractivity contribution in [3.8, 4) is 5.75 Å². The van der Waals surface area contributed by atoms with Crippen molar-refractivity contribution in [1.29, 1.82) is 0 Å². The number of likely N-dealkylation sites (tertiary alicyclic amines) is 1. The molecule has 1 aromatic rings. The molecule has 0 radical (unpaired) electrons. The Morgan fingerprint density at radius 2 is 1.79 bits per heavy atom. The Labute approximate surface area is 168 Å². The van der Waals surface area contributed by atoms with E-state index in [0.29, 0.717) is 24.8 Å². The lowest BCUT2D eigenvalue weighted by Gasteiger charge is -2.35. The van der Waals surface area contributed by atoms with E-state index in [2.05, 4.69) is 5.32 Å². The average molecular weight is 387 g/mol. The largest absolute Gasteiger partial charge is 0.496 e. The molecule has 5 nitrogen and oxygen atoms in total. The molecule has 2 aliphatic rings. The number of rotatable bonds is 7. The molecule has 1 saturated heterocycles. The van der Waals surface area contributed by atoms with Crippen LogP contribution in [0.1, 0.15) is 56.9 Å².